The van der Waals surface area contributed by atoms with Crippen LogP contribution in [0.3, 0.4) is 0 Å². The van der Waals surface area contributed by atoms with Crippen LogP contribution >= 0.6 is 0 Å². The molecule has 1 saturated carbocycles. The highest BCUT2D eigenvalue weighted by Gasteiger charge is 2.46. The van der Waals surface area contributed by atoms with Crippen molar-refractivity contribution in [2.75, 3.05) is 11.9 Å². The van der Waals surface area contributed by atoms with Crippen molar-refractivity contribution in [1.29, 1.82) is 0 Å². The maximum absolute atomic E-state index is 13.7. The number of anilines is 1. The number of nitrogens with zero attached hydrogens (tertiary/aromatic N) is 1. The monoisotopic (exact) mass is 422 g/mol. The van der Waals surface area contributed by atoms with E-state index in [1.807, 2.05) is 54.6 Å². The van der Waals surface area contributed by atoms with E-state index in [0.29, 0.717) is 13.0 Å². The number of hydrogen-bond acceptors (Lipinski definition) is 4. The lowest BCUT2D eigenvalue weighted by Gasteiger charge is -2.17. The van der Waals surface area contributed by atoms with Crippen molar-refractivity contribution in [2.45, 2.75) is 31.7 Å². The number of aryl methyl sites for hydroxylation is 1. The summed E-state index contributed by atoms with van der Waals surface area (Å²) in [5.41, 5.74) is 1.57. The molecule has 31 heavy (non-hydrogen) atoms. The van der Waals surface area contributed by atoms with Gasteiger partial charge in [0, 0.05) is 0 Å². The van der Waals surface area contributed by atoms with E-state index in [-0.39, 0.29) is 22.8 Å². The van der Waals surface area contributed by atoms with Gasteiger partial charge < -0.3 is 15.4 Å². The molecule has 1 fully saturated rings. The van der Waals surface area contributed by atoms with Crippen LogP contribution in [0.2, 0.25) is 0 Å². The number of carbonyl (C=O) groups is 2. The molecule has 0 atom stereocenters. The zero-order valence-corrected chi connectivity index (χ0v) is 17.1. The quantitative estimate of drug-likeness (QED) is 0.600. The molecule has 1 aromatic heterocycles. The molecule has 0 spiro atoms. The van der Waals surface area contributed by atoms with Crippen molar-refractivity contribution in [2.24, 2.45) is 0 Å². The standard InChI is InChI=1S/C14H14FN3O.C9H9NO2/c1-9-11(15)12(18-17-9)13(19)16-14(7-8-14)10-5-3-2-4-6-10;11-9-5-6-12-8-4-2-1-3-7(8)10-9/h2-6H,7-8H2,1H3,(H,16,19)(H,17,18);1-4H,5-6H2,(H,10,11). The van der Waals surface area contributed by atoms with E-state index in [1.54, 1.807) is 6.92 Å². The van der Waals surface area contributed by atoms with E-state index in [2.05, 4.69) is 20.8 Å². The largest absolute Gasteiger partial charge is 0.491 e. The average molecular weight is 422 g/mol. The van der Waals surface area contributed by atoms with Gasteiger partial charge >= 0.3 is 0 Å². The summed E-state index contributed by atoms with van der Waals surface area (Å²) >= 11 is 0. The van der Waals surface area contributed by atoms with Crippen molar-refractivity contribution in [1.82, 2.24) is 15.5 Å². The molecule has 2 aliphatic rings. The number of nitrogens with one attached hydrogen (secondary N) is 3. The number of halogens is 1. The molecule has 2 aromatic carbocycles. The first-order valence-electron chi connectivity index (χ1n) is 10.1. The number of para-hydroxylation sites is 2. The number of carbonyl (C=O) groups excluding carboxylic acids is 2. The van der Waals surface area contributed by atoms with E-state index in [0.717, 1.165) is 29.8 Å². The van der Waals surface area contributed by atoms with Crippen LogP contribution in [0.4, 0.5) is 10.1 Å². The Morgan fingerprint density at radius 2 is 1.84 bits per heavy atom. The number of benzene rings is 2. The highest BCUT2D eigenvalue weighted by molar-refractivity contribution is 5.93. The lowest BCUT2D eigenvalue weighted by atomic mass is 10.0. The van der Waals surface area contributed by atoms with Crippen LogP contribution in [0.1, 0.15) is 41.0 Å². The first-order valence-corrected chi connectivity index (χ1v) is 10.1. The van der Waals surface area contributed by atoms with Gasteiger partial charge in [0.05, 0.1) is 29.9 Å². The van der Waals surface area contributed by atoms with Gasteiger partial charge in [-0.15, -0.1) is 0 Å². The highest BCUT2D eigenvalue weighted by Crippen LogP contribution is 2.45. The smallest absolute Gasteiger partial charge is 0.275 e. The van der Waals surface area contributed by atoms with E-state index in [4.69, 9.17) is 4.74 Å². The second-order valence-corrected chi connectivity index (χ2v) is 7.56. The number of rotatable bonds is 3. The van der Waals surface area contributed by atoms with Crippen LogP contribution in [0.15, 0.2) is 54.6 Å². The lowest BCUT2D eigenvalue weighted by molar-refractivity contribution is -0.116. The Balaban J connectivity index is 0.000000166. The fourth-order valence-electron chi connectivity index (χ4n) is 3.37. The fraction of sp³-hybridized carbons (Fsp3) is 0.261. The van der Waals surface area contributed by atoms with Crippen molar-refractivity contribution in [3.05, 3.63) is 77.4 Å². The average Bonchev–Trinajstić information content (AvgIpc) is 3.52. The molecule has 160 valence electrons. The Hall–Kier alpha value is -3.68. The van der Waals surface area contributed by atoms with Gasteiger partial charge in [-0.05, 0) is 37.5 Å². The summed E-state index contributed by atoms with van der Waals surface area (Å²) in [5, 5.41) is 11.8. The molecule has 0 bridgehead atoms. The highest BCUT2D eigenvalue weighted by atomic mass is 19.1. The van der Waals surface area contributed by atoms with Crippen molar-refractivity contribution >= 4 is 17.5 Å². The fourth-order valence-corrected chi connectivity index (χ4v) is 3.37. The van der Waals surface area contributed by atoms with E-state index >= 15 is 0 Å². The molecule has 3 N–H and O–H groups in total. The maximum Gasteiger partial charge on any atom is 0.275 e. The predicted molar refractivity (Wildman–Crippen MR) is 113 cm³/mol. The number of aromatic nitrogens is 2. The molecule has 1 aliphatic heterocycles. The molecular formula is C23H23FN4O3. The number of hydrogen-bond donors (Lipinski definition) is 3. The Morgan fingerprint density at radius 3 is 2.52 bits per heavy atom. The summed E-state index contributed by atoms with van der Waals surface area (Å²) in [4.78, 5) is 23.1. The van der Waals surface area contributed by atoms with Crippen LogP contribution in [0.5, 0.6) is 5.75 Å². The van der Waals surface area contributed by atoms with Gasteiger partial charge in [0.2, 0.25) is 5.91 Å². The Morgan fingerprint density at radius 1 is 1.13 bits per heavy atom. The van der Waals surface area contributed by atoms with Crippen molar-refractivity contribution in [3.63, 3.8) is 0 Å². The lowest BCUT2D eigenvalue weighted by Crippen LogP contribution is -2.35. The minimum atomic E-state index is -0.582. The normalized spacial score (nSPS) is 15.9. The Labute approximate surface area is 179 Å². The summed E-state index contributed by atoms with van der Waals surface area (Å²) in [6.45, 7) is 2.01. The van der Waals surface area contributed by atoms with Gasteiger partial charge in [-0.3, -0.25) is 14.7 Å². The van der Waals surface area contributed by atoms with Crippen molar-refractivity contribution in [3.8, 4) is 5.75 Å². The third-order valence-corrected chi connectivity index (χ3v) is 5.26. The third kappa shape index (κ3) is 4.58. The molecule has 8 heteroatoms. The van der Waals surface area contributed by atoms with E-state index in [9.17, 15) is 14.0 Å². The topological polar surface area (TPSA) is 96.1 Å². The molecule has 2 amide bonds. The molecule has 5 rings (SSSR count). The number of aromatic amines is 1. The van der Waals surface area contributed by atoms with Gasteiger partial charge in [0.1, 0.15) is 5.75 Å². The van der Waals surface area contributed by atoms with Gasteiger partial charge in [0.25, 0.3) is 5.91 Å². The van der Waals surface area contributed by atoms with Crippen molar-refractivity contribution < 1.29 is 18.7 Å². The summed E-state index contributed by atoms with van der Waals surface area (Å²) in [7, 11) is 0. The first kappa shape index (κ1) is 20.6. The summed E-state index contributed by atoms with van der Waals surface area (Å²) < 4.78 is 19.0. The number of H-pyrrole nitrogens is 1. The molecule has 7 nitrogen and oxygen atoms in total. The second-order valence-electron chi connectivity index (χ2n) is 7.56. The Bertz CT molecular complexity index is 1090. The summed E-state index contributed by atoms with van der Waals surface area (Å²) in [5.74, 6) is -0.284. The molecule has 0 unspecified atom stereocenters. The first-order chi connectivity index (χ1) is 15.0. The van der Waals surface area contributed by atoms with Crippen LogP contribution < -0.4 is 15.4 Å². The number of fused-ring (bicyclic) bond motifs is 1. The van der Waals surface area contributed by atoms with Gasteiger partial charge in [-0.2, -0.15) is 5.10 Å². The zero-order chi connectivity index (χ0) is 21.8. The molecule has 1 aliphatic carbocycles. The molecular weight excluding hydrogens is 399 g/mol. The maximum atomic E-state index is 13.7. The zero-order valence-electron chi connectivity index (χ0n) is 17.1. The summed E-state index contributed by atoms with van der Waals surface area (Å²) in [6.07, 6.45) is 2.16. The molecule has 3 aromatic rings. The minimum Gasteiger partial charge on any atom is -0.491 e. The summed E-state index contributed by atoms with van der Waals surface area (Å²) in [6, 6.07) is 17.2. The van der Waals surface area contributed by atoms with Crippen LogP contribution in [0.25, 0.3) is 0 Å². The number of amides is 2. The molecule has 0 radical (unpaired) electrons. The van der Waals surface area contributed by atoms with Crippen LogP contribution in [-0.4, -0.2) is 28.6 Å². The molecule has 0 saturated heterocycles. The predicted octanol–water partition coefficient (Wildman–Crippen LogP) is 3.68. The van der Waals surface area contributed by atoms with Crippen LogP contribution in [-0.2, 0) is 10.3 Å². The van der Waals surface area contributed by atoms with Gasteiger partial charge in [-0.1, -0.05) is 42.5 Å². The second kappa shape index (κ2) is 8.59. The van der Waals surface area contributed by atoms with Gasteiger partial charge in [0.15, 0.2) is 11.5 Å². The molecule has 2 heterocycles. The minimum absolute atomic E-state index is 0.0138. The SMILES string of the molecule is Cc1[nH]nc(C(=O)NC2(c3ccccc3)CC2)c1F.O=C1CCOc2ccccc2N1. The third-order valence-electron chi connectivity index (χ3n) is 5.26. The van der Waals surface area contributed by atoms with E-state index in [1.165, 1.54) is 0 Å². The van der Waals surface area contributed by atoms with Gasteiger partial charge in [-0.25, -0.2) is 4.39 Å². The Kier molecular flexibility index (Phi) is 5.70. The van der Waals surface area contributed by atoms with E-state index < -0.39 is 11.7 Å². The van der Waals surface area contributed by atoms with Crippen LogP contribution in [0, 0.1) is 12.7 Å². The number of ether oxygens (including phenoxy) is 1.